The van der Waals surface area contributed by atoms with Crippen LogP contribution in [0.2, 0.25) is 10.0 Å². The molecule has 0 bridgehead atoms. The third-order valence-electron chi connectivity index (χ3n) is 5.89. The molecule has 0 aliphatic carbocycles. The summed E-state index contributed by atoms with van der Waals surface area (Å²) in [6.07, 6.45) is 0. The number of carbonyl (C=O) groups excluding carboxylic acids is 2. The molecule has 0 radical (unpaired) electrons. The first-order valence-electron chi connectivity index (χ1n) is 12.2. The molecule has 208 valence electrons. The van der Waals surface area contributed by atoms with Gasteiger partial charge < -0.3 is 10.2 Å². The Morgan fingerprint density at radius 2 is 1.56 bits per heavy atom. The Hall–Kier alpha value is -3.14. The summed E-state index contributed by atoms with van der Waals surface area (Å²) in [5, 5.41) is 3.44. The van der Waals surface area contributed by atoms with Gasteiger partial charge in [0.2, 0.25) is 11.8 Å². The molecule has 0 aliphatic rings. The lowest BCUT2D eigenvalue weighted by molar-refractivity contribution is -0.139. The standard InChI is InChI=1S/C28H30Cl2FN3O4S/c1-19(2)16-32-28(36)20(3)33(17-21-7-11-24(31)12-8-21)27(35)18-34(25-6-4-5-23(30)15-25)39(37,38)26-13-9-22(29)10-14-26/h4-15,19-20H,16-18H2,1-3H3,(H,32,36). The van der Waals surface area contributed by atoms with E-state index in [1.165, 1.54) is 65.6 Å². The quantitative estimate of drug-likeness (QED) is 0.317. The summed E-state index contributed by atoms with van der Waals surface area (Å²) in [7, 11) is -4.24. The Labute approximate surface area is 238 Å². The van der Waals surface area contributed by atoms with Crippen LogP contribution in [0, 0.1) is 11.7 Å². The molecule has 0 saturated carbocycles. The average Bonchev–Trinajstić information content (AvgIpc) is 2.89. The number of rotatable bonds is 11. The monoisotopic (exact) mass is 593 g/mol. The van der Waals surface area contributed by atoms with Crippen LogP contribution in [0.4, 0.5) is 10.1 Å². The molecule has 0 aliphatic heterocycles. The van der Waals surface area contributed by atoms with Gasteiger partial charge >= 0.3 is 0 Å². The molecular weight excluding hydrogens is 564 g/mol. The summed E-state index contributed by atoms with van der Waals surface area (Å²) in [4.78, 5) is 28.0. The second-order valence-electron chi connectivity index (χ2n) is 9.41. The van der Waals surface area contributed by atoms with Gasteiger partial charge in [-0.25, -0.2) is 12.8 Å². The number of nitrogens with one attached hydrogen (secondary N) is 1. The van der Waals surface area contributed by atoms with Crippen LogP contribution in [0.15, 0.2) is 77.7 Å². The van der Waals surface area contributed by atoms with Crippen molar-refractivity contribution in [1.82, 2.24) is 10.2 Å². The smallest absolute Gasteiger partial charge is 0.264 e. The molecule has 3 aromatic carbocycles. The fourth-order valence-electron chi connectivity index (χ4n) is 3.72. The van der Waals surface area contributed by atoms with Gasteiger partial charge in [0.1, 0.15) is 18.4 Å². The molecular formula is C28H30Cl2FN3O4S. The number of anilines is 1. The third kappa shape index (κ3) is 8.17. The van der Waals surface area contributed by atoms with Crippen molar-refractivity contribution in [3.63, 3.8) is 0 Å². The first-order valence-corrected chi connectivity index (χ1v) is 14.4. The largest absolute Gasteiger partial charge is 0.354 e. The topological polar surface area (TPSA) is 86.8 Å². The van der Waals surface area contributed by atoms with E-state index in [4.69, 9.17) is 23.2 Å². The molecule has 1 N–H and O–H groups in total. The van der Waals surface area contributed by atoms with E-state index < -0.39 is 40.2 Å². The molecule has 3 rings (SSSR count). The summed E-state index contributed by atoms with van der Waals surface area (Å²) < 4.78 is 41.9. The summed E-state index contributed by atoms with van der Waals surface area (Å²) in [5.41, 5.74) is 0.743. The SMILES string of the molecule is CC(C)CNC(=O)C(C)N(Cc1ccc(F)cc1)C(=O)CN(c1cccc(Cl)c1)S(=O)(=O)c1ccc(Cl)cc1. The van der Waals surface area contributed by atoms with E-state index in [9.17, 15) is 22.4 Å². The second-order valence-corrected chi connectivity index (χ2v) is 12.1. The van der Waals surface area contributed by atoms with E-state index in [1.54, 1.807) is 19.1 Å². The van der Waals surface area contributed by atoms with Gasteiger partial charge in [0.05, 0.1) is 10.6 Å². The molecule has 1 unspecified atom stereocenters. The van der Waals surface area contributed by atoms with E-state index in [1.807, 2.05) is 13.8 Å². The maximum Gasteiger partial charge on any atom is 0.264 e. The zero-order valence-corrected chi connectivity index (χ0v) is 24.1. The molecule has 0 aromatic heterocycles. The lowest BCUT2D eigenvalue weighted by atomic mass is 10.1. The molecule has 1 atom stereocenters. The van der Waals surface area contributed by atoms with Crippen LogP contribution in [-0.2, 0) is 26.2 Å². The van der Waals surface area contributed by atoms with Crippen LogP contribution >= 0.6 is 23.2 Å². The molecule has 0 fully saturated rings. The first-order chi connectivity index (χ1) is 18.4. The van der Waals surface area contributed by atoms with Crippen LogP contribution < -0.4 is 9.62 Å². The molecule has 0 spiro atoms. The predicted molar refractivity (Wildman–Crippen MR) is 152 cm³/mol. The first kappa shape index (κ1) is 30.4. The maximum absolute atomic E-state index is 13.8. The summed E-state index contributed by atoms with van der Waals surface area (Å²) >= 11 is 12.1. The summed E-state index contributed by atoms with van der Waals surface area (Å²) in [6.45, 7) is 5.19. The Morgan fingerprint density at radius 1 is 0.923 bits per heavy atom. The van der Waals surface area contributed by atoms with Crippen molar-refractivity contribution in [1.29, 1.82) is 0 Å². The molecule has 11 heteroatoms. The van der Waals surface area contributed by atoms with Crippen molar-refractivity contribution in [2.75, 3.05) is 17.4 Å². The highest BCUT2D eigenvalue weighted by Gasteiger charge is 2.32. The number of benzene rings is 3. The van der Waals surface area contributed by atoms with E-state index in [0.29, 0.717) is 17.1 Å². The number of sulfonamides is 1. The van der Waals surface area contributed by atoms with Crippen molar-refractivity contribution in [2.24, 2.45) is 5.92 Å². The number of carbonyl (C=O) groups is 2. The zero-order valence-electron chi connectivity index (χ0n) is 21.8. The highest BCUT2D eigenvalue weighted by Crippen LogP contribution is 2.27. The Balaban J connectivity index is 2.01. The second kappa shape index (κ2) is 13.3. The van der Waals surface area contributed by atoms with Crippen molar-refractivity contribution in [3.8, 4) is 0 Å². The van der Waals surface area contributed by atoms with Gasteiger partial charge in [-0.1, -0.05) is 55.2 Å². The fourth-order valence-corrected chi connectivity index (χ4v) is 5.43. The molecule has 2 amide bonds. The lowest BCUT2D eigenvalue weighted by Crippen LogP contribution is -2.51. The summed E-state index contributed by atoms with van der Waals surface area (Å²) in [5.74, 6) is -1.29. The Morgan fingerprint density at radius 3 is 2.15 bits per heavy atom. The molecule has 0 heterocycles. The van der Waals surface area contributed by atoms with Crippen molar-refractivity contribution in [3.05, 3.63) is 94.2 Å². The predicted octanol–water partition coefficient (Wildman–Crippen LogP) is 5.52. The highest BCUT2D eigenvalue weighted by atomic mass is 35.5. The van der Waals surface area contributed by atoms with Gasteiger partial charge in [-0.15, -0.1) is 0 Å². The Bertz CT molecular complexity index is 1400. The van der Waals surface area contributed by atoms with Crippen molar-refractivity contribution < 1.29 is 22.4 Å². The maximum atomic E-state index is 13.8. The van der Waals surface area contributed by atoms with Gasteiger partial charge in [-0.05, 0) is 73.0 Å². The molecule has 0 saturated heterocycles. The minimum absolute atomic E-state index is 0.0419. The Kier molecular flexibility index (Phi) is 10.4. The number of nitrogens with zero attached hydrogens (tertiary/aromatic N) is 2. The van der Waals surface area contributed by atoms with E-state index >= 15 is 0 Å². The minimum atomic E-state index is -4.24. The van der Waals surface area contributed by atoms with E-state index in [2.05, 4.69) is 5.32 Å². The highest BCUT2D eigenvalue weighted by molar-refractivity contribution is 7.92. The van der Waals surface area contributed by atoms with Crippen LogP contribution in [0.3, 0.4) is 0 Å². The average molecular weight is 595 g/mol. The molecule has 39 heavy (non-hydrogen) atoms. The van der Waals surface area contributed by atoms with E-state index in [0.717, 1.165) is 4.31 Å². The molecule has 3 aromatic rings. The van der Waals surface area contributed by atoms with Crippen molar-refractivity contribution in [2.45, 2.75) is 38.3 Å². The van der Waals surface area contributed by atoms with Gasteiger partial charge in [0.25, 0.3) is 10.0 Å². The van der Waals surface area contributed by atoms with Crippen LogP contribution in [0.5, 0.6) is 0 Å². The number of halogens is 3. The zero-order chi connectivity index (χ0) is 28.7. The van der Waals surface area contributed by atoms with Crippen molar-refractivity contribution >= 4 is 50.7 Å². The van der Waals surface area contributed by atoms with Crippen LogP contribution in [0.25, 0.3) is 0 Å². The third-order valence-corrected chi connectivity index (χ3v) is 8.17. The normalized spacial score (nSPS) is 12.2. The molecule has 7 nitrogen and oxygen atoms in total. The fraction of sp³-hybridized carbons (Fsp3) is 0.286. The number of hydrogen-bond acceptors (Lipinski definition) is 4. The van der Waals surface area contributed by atoms with Gasteiger partial charge in [0, 0.05) is 23.1 Å². The van der Waals surface area contributed by atoms with E-state index in [-0.39, 0.29) is 28.1 Å². The lowest BCUT2D eigenvalue weighted by Gasteiger charge is -2.32. The minimum Gasteiger partial charge on any atom is -0.354 e. The van der Waals surface area contributed by atoms with Gasteiger partial charge in [-0.2, -0.15) is 0 Å². The van der Waals surface area contributed by atoms with Crippen LogP contribution in [0.1, 0.15) is 26.3 Å². The summed E-state index contributed by atoms with van der Waals surface area (Å²) in [6, 6.07) is 16.3. The van der Waals surface area contributed by atoms with Crippen LogP contribution in [-0.4, -0.2) is 44.3 Å². The van der Waals surface area contributed by atoms with Gasteiger partial charge in [0.15, 0.2) is 0 Å². The number of amides is 2. The van der Waals surface area contributed by atoms with Gasteiger partial charge in [-0.3, -0.25) is 13.9 Å². The number of hydrogen-bond donors (Lipinski definition) is 1.